The maximum Gasteiger partial charge on any atom is 0.235 e. The van der Waals surface area contributed by atoms with Crippen LogP contribution in [0.15, 0.2) is 54.6 Å². The summed E-state index contributed by atoms with van der Waals surface area (Å²) in [5.74, 6) is 0.807. The van der Waals surface area contributed by atoms with Crippen LogP contribution >= 0.6 is 24.8 Å². The van der Waals surface area contributed by atoms with Crippen molar-refractivity contribution in [1.29, 1.82) is 5.41 Å². The SMILES string of the molecule is CCS(=O)(=O)N1c2ccc(OC3CNC3)cc2CC1c1ccc2ccc(C(=N)N)cc2c1.Cl.Cl. The highest BCUT2D eigenvalue weighted by Gasteiger charge is 2.38. The second-order valence-electron chi connectivity index (χ2n) is 8.34. The molecule has 3 aromatic rings. The molecule has 7 nitrogen and oxygen atoms in total. The zero-order chi connectivity index (χ0) is 22.5. The number of hydrogen-bond donors (Lipinski definition) is 3. The molecule has 34 heavy (non-hydrogen) atoms. The van der Waals surface area contributed by atoms with Crippen molar-refractivity contribution in [3.8, 4) is 5.75 Å². The van der Waals surface area contributed by atoms with Gasteiger partial charge in [0.15, 0.2) is 0 Å². The molecule has 4 N–H and O–H groups in total. The highest BCUT2D eigenvalue weighted by atomic mass is 35.5. The van der Waals surface area contributed by atoms with Crippen LogP contribution in [0, 0.1) is 5.41 Å². The monoisotopic (exact) mass is 522 g/mol. The van der Waals surface area contributed by atoms with Gasteiger partial charge in [-0.2, -0.15) is 0 Å². The summed E-state index contributed by atoms with van der Waals surface area (Å²) < 4.78 is 33.8. The second kappa shape index (κ2) is 10.00. The van der Waals surface area contributed by atoms with E-state index in [-0.39, 0.29) is 48.5 Å². The Morgan fingerprint density at radius 2 is 1.82 bits per heavy atom. The number of hydrogen-bond acceptors (Lipinski definition) is 5. The summed E-state index contributed by atoms with van der Waals surface area (Å²) in [5.41, 5.74) is 8.91. The predicted molar refractivity (Wildman–Crippen MR) is 142 cm³/mol. The molecule has 0 aromatic heterocycles. The number of anilines is 1. The molecule has 1 saturated heterocycles. The van der Waals surface area contributed by atoms with Gasteiger partial charge < -0.3 is 15.8 Å². The topological polar surface area (TPSA) is 109 Å². The second-order valence-corrected chi connectivity index (χ2v) is 10.5. The molecule has 2 aliphatic rings. The molecule has 10 heteroatoms. The van der Waals surface area contributed by atoms with Gasteiger partial charge in [0.1, 0.15) is 17.7 Å². The summed E-state index contributed by atoms with van der Waals surface area (Å²) in [5, 5.41) is 12.9. The van der Waals surface area contributed by atoms with E-state index in [4.69, 9.17) is 15.9 Å². The lowest BCUT2D eigenvalue weighted by Gasteiger charge is -2.28. The molecular weight excluding hydrogens is 495 g/mol. The van der Waals surface area contributed by atoms with Gasteiger partial charge in [-0.1, -0.05) is 24.3 Å². The van der Waals surface area contributed by atoms with Gasteiger partial charge in [-0.25, -0.2) is 8.42 Å². The molecule has 0 aliphatic carbocycles. The molecule has 1 unspecified atom stereocenters. The third-order valence-electron chi connectivity index (χ3n) is 6.26. The first kappa shape index (κ1) is 26.1. The minimum absolute atomic E-state index is 0. The Hall–Kier alpha value is -2.52. The molecule has 2 heterocycles. The van der Waals surface area contributed by atoms with Crippen molar-refractivity contribution >= 4 is 57.1 Å². The quantitative estimate of drug-likeness (QED) is 0.337. The highest BCUT2D eigenvalue weighted by molar-refractivity contribution is 7.92. The number of nitrogens with two attached hydrogens (primary N) is 1. The van der Waals surface area contributed by atoms with Gasteiger partial charge in [0.2, 0.25) is 10.0 Å². The number of benzene rings is 3. The molecule has 0 amide bonds. The number of amidine groups is 1. The van der Waals surface area contributed by atoms with Gasteiger partial charge in [0.05, 0.1) is 17.5 Å². The highest BCUT2D eigenvalue weighted by Crippen LogP contribution is 2.44. The van der Waals surface area contributed by atoms with Crippen LogP contribution < -0.4 is 20.1 Å². The van der Waals surface area contributed by atoms with Gasteiger partial charge in [-0.15, -0.1) is 24.8 Å². The smallest absolute Gasteiger partial charge is 0.235 e. The Balaban J connectivity index is 0.00000162. The van der Waals surface area contributed by atoms with Crippen LogP contribution in [0.4, 0.5) is 5.69 Å². The van der Waals surface area contributed by atoms with Crippen LogP contribution in [0.1, 0.15) is 29.7 Å². The molecule has 0 saturated carbocycles. The van der Waals surface area contributed by atoms with Crippen molar-refractivity contribution in [3.05, 3.63) is 71.3 Å². The molecular formula is C24H28Cl2N4O3S. The number of ether oxygens (including phenoxy) is 1. The number of rotatable bonds is 6. The lowest BCUT2D eigenvalue weighted by molar-refractivity contribution is 0.142. The third-order valence-corrected chi connectivity index (χ3v) is 8.04. The van der Waals surface area contributed by atoms with Gasteiger partial charge in [-0.3, -0.25) is 9.71 Å². The average molecular weight is 523 g/mol. The minimum atomic E-state index is -3.48. The molecule has 182 valence electrons. The Morgan fingerprint density at radius 3 is 2.47 bits per heavy atom. The first-order chi connectivity index (χ1) is 15.4. The zero-order valence-electron chi connectivity index (χ0n) is 18.7. The Bertz CT molecular complexity index is 1330. The first-order valence-corrected chi connectivity index (χ1v) is 12.4. The van der Waals surface area contributed by atoms with Crippen molar-refractivity contribution < 1.29 is 13.2 Å². The molecule has 1 atom stereocenters. The van der Waals surface area contributed by atoms with Crippen molar-refractivity contribution in [1.82, 2.24) is 5.32 Å². The number of halogens is 2. The van der Waals surface area contributed by atoms with Crippen LogP contribution in [0.2, 0.25) is 0 Å². The van der Waals surface area contributed by atoms with E-state index in [1.54, 1.807) is 11.2 Å². The average Bonchev–Trinajstić information content (AvgIpc) is 3.15. The van der Waals surface area contributed by atoms with Gasteiger partial charge >= 0.3 is 0 Å². The molecule has 0 spiro atoms. The van der Waals surface area contributed by atoms with Crippen molar-refractivity contribution in [2.24, 2.45) is 5.73 Å². The fourth-order valence-electron chi connectivity index (χ4n) is 4.39. The largest absolute Gasteiger partial charge is 0.488 e. The van der Waals surface area contributed by atoms with Gasteiger partial charge in [0, 0.05) is 25.1 Å². The zero-order valence-corrected chi connectivity index (χ0v) is 21.1. The summed E-state index contributed by atoms with van der Waals surface area (Å²) >= 11 is 0. The summed E-state index contributed by atoms with van der Waals surface area (Å²) in [7, 11) is -3.48. The van der Waals surface area contributed by atoms with Crippen molar-refractivity contribution in [2.45, 2.75) is 25.5 Å². The molecule has 0 bridgehead atoms. The Kier molecular flexibility index (Phi) is 7.67. The molecule has 0 radical (unpaired) electrons. The first-order valence-electron chi connectivity index (χ1n) is 10.8. The summed E-state index contributed by atoms with van der Waals surface area (Å²) in [6.45, 7) is 3.33. The van der Waals surface area contributed by atoms with E-state index in [0.29, 0.717) is 17.7 Å². The van der Waals surface area contributed by atoms with E-state index in [9.17, 15) is 8.42 Å². The maximum atomic E-state index is 13.1. The van der Waals surface area contributed by atoms with E-state index in [0.717, 1.165) is 40.7 Å². The summed E-state index contributed by atoms with van der Waals surface area (Å²) in [6, 6.07) is 17.0. The fraction of sp³-hybridized carbons (Fsp3) is 0.292. The van der Waals surface area contributed by atoms with Crippen LogP contribution in [-0.4, -0.2) is 39.2 Å². The third kappa shape index (κ3) is 4.68. The maximum absolute atomic E-state index is 13.1. The van der Waals surface area contributed by atoms with Crippen LogP contribution in [0.3, 0.4) is 0 Å². The Morgan fingerprint density at radius 1 is 1.09 bits per heavy atom. The van der Waals surface area contributed by atoms with Crippen LogP contribution in [0.25, 0.3) is 10.8 Å². The van der Waals surface area contributed by atoms with E-state index >= 15 is 0 Å². The predicted octanol–water partition coefficient (Wildman–Crippen LogP) is 3.77. The van der Waals surface area contributed by atoms with E-state index in [1.165, 1.54) is 0 Å². The normalized spacial score (nSPS) is 17.3. The minimum Gasteiger partial charge on any atom is -0.488 e. The lowest BCUT2D eigenvalue weighted by Crippen LogP contribution is -2.50. The molecule has 2 aliphatic heterocycles. The lowest BCUT2D eigenvalue weighted by atomic mass is 9.98. The van der Waals surface area contributed by atoms with Gasteiger partial charge in [0.25, 0.3) is 0 Å². The van der Waals surface area contributed by atoms with E-state index in [2.05, 4.69) is 5.32 Å². The van der Waals surface area contributed by atoms with Crippen molar-refractivity contribution in [2.75, 3.05) is 23.1 Å². The summed E-state index contributed by atoms with van der Waals surface area (Å²) in [4.78, 5) is 0. The number of sulfonamides is 1. The number of nitrogen functional groups attached to an aromatic ring is 1. The number of fused-ring (bicyclic) bond motifs is 2. The standard InChI is InChI=1S/C24H26N4O3S.2ClH/c1-2-32(29,30)28-22-8-7-20(31-21-13-27-14-21)11-19(22)12-23(28)16-5-3-15-4-6-17(24(25)26)10-18(15)9-16;;/h3-11,21,23,27H,2,12-14H2,1H3,(H3,25,26);2*1H. The fourth-order valence-corrected chi connectivity index (χ4v) is 5.73. The van der Waals surface area contributed by atoms with E-state index < -0.39 is 10.0 Å². The summed E-state index contributed by atoms with van der Waals surface area (Å²) in [6.07, 6.45) is 0.740. The molecule has 1 fully saturated rings. The molecule has 5 rings (SSSR count). The Labute approximate surface area is 212 Å². The van der Waals surface area contributed by atoms with Gasteiger partial charge in [-0.05, 0) is 59.2 Å². The van der Waals surface area contributed by atoms with Crippen molar-refractivity contribution in [3.63, 3.8) is 0 Å². The van der Waals surface area contributed by atoms with Crippen LogP contribution in [0.5, 0.6) is 5.75 Å². The number of nitrogens with zero attached hydrogens (tertiary/aromatic N) is 1. The van der Waals surface area contributed by atoms with Crippen LogP contribution in [-0.2, 0) is 16.4 Å². The molecule has 3 aromatic carbocycles. The van der Waals surface area contributed by atoms with E-state index in [1.807, 2.05) is 54.6 Å². The number of nitrogens with one attached hydrogen (secondary N) is 2.